The van der Waals surface area contributed by atoms with Crippen molar-refractivity contribution in [2.75, 3.05) is 0 Å². The Hall–Kier alpha value is -1.91. The van der Waals surface area contributed by atoms with Gasteiger partial charge in [-0.25, -0.2) is 0 Å². The summed E-state index contributed by atoms with van der Waals surface area (Å²) in [7, 11) is 0.730. The molecule has 0 spiro atoms. The SMILES string of the molecule is CCCCCCCCCc1ccc(C(CCCCCCCC)(Pc2ccccc2)c2ccc(CCCCCCCCC)cc2CCCCCCCCC)c(CCCCCCCCC)c1. The Labute approximate surface area is 402 Å². The van der Waals surface area contributed by atoms with Crippen molar-refractivity contribution < 1.29 is 0 Å². The molecule has 0 aliphatic carbocycles. The summed E-state index contributed by atoms with van der Waals surface area (Å²) in [6, 6.07) is 27.9. The molecule has 3 rings (SSSR count). The van der Waals surface area contributed by atoms with E-state index in [4.69, 9.17) is 0 Å². The second-order valence-electron chi connectivity index (χ2n) is 20.4. The minimum Gasteiger partial charge on any atom is -0.0748 e. The lowest BCUT2D eigenvalue weighted by molar-refractivity contribution is 0.538. The third-order valence-electron chi connectivity index (χ3n) is 14.5. The van der Waals surface area contributed by atoms with Crippen LogP contribution in [-0.2, 0) is 30.8 Å². The number of hydrogen-bond acceptors (Lipinski definition) is 0. The van der Waals surface area contributed by atoms with Gasteiger partial charge in [-0.05, 0) is 96.5 Å². The van der Waals surface area contributed by atoms with Crippen molar-refractivity contribution in [3.05, 3.63) is 100 Å². The highest BCUT2D eigenvalue weighted by Crippen LogP contribution is 2.53. The first kappa shape index (κ1) is 56.4. The van der Waals surface area contributed by atoms with Crippen molar-refractivity contribution in [3.63, 3.8) is 0 Å². The van der Waals surface area contributed by atoms with Gasteiger partial charge < -0.3 is 0 Å². The predicted molar refractivity (Wildman–Crippen MR) is 293 cm³/mol. The zero-order valence-electron chi connectivity index (χ0n) is 43.4. The van der Waals surface area contributed by atoms with Crippen molar-refractivity contribution in [3.8, 4) is 0 Å². The van der Waals surface area contributed by atoms with Gasteiger partial charge in [-0.1, -0.05) is 303 Å². The Bertz CT molecular complexity index is 1420. The molecule has 362 valence electrons. The van der Waals surface area contributed by atoms with E-state index < -0.39 is 0 Å². The van der Waals surface area contributed by atoms with E-state index in [1.54, 1.807) is 33.4 Å². The lowest BCUT2D eigenvalue weighted by Gasteiger charge is -2.39. The lowest BCUT2D eigenvalue weighted by Crippen LogP contribution is -2.29. The Morgan fingerprint density at radius 1 is 0.312 bits per heavy atom. The van der Waals surface area contributed by atoms with Crippen LogP contribution in [0.2, 0.25) is 0 Å². The maximum absolute atomic E-state index is 2.75. The van der Waals surface area contributed by atoms with Gasteiger partial charge in [0, 0.05) is 5.16 Å². The first-order chi connectivity index (χ1) is 31.6. The average Bonchev–Trinajstić information content (AvgIpc) is 3.31. The molecule has 1 heteroatoms. The zero-order valence-corrected chi connectivity index (χ0v) is 44.4. The third kappa shape index (κ3) is 23.7. The molecule has 0 aromatic heterocycles. The van der Waals surface area contributed by atoms with Crippen LogP contribution in [0.1, 0.15) is 293 Å². The molecule has 64 heavy (non-hydrogen) atoms. The van der Waals surface area contributed by atoms with Crippen molar-refractivity contribution in [1.29, 1.82) is 0 Å². The molecule has 0 saturated carbocycles. The minimum atomic E-state index is -0.00531. The van der Waals surface area contributed by atoms with Crippen LogP contribution in [0.3, 0.4) is 0 Å². The Morgan fingerprint density at radius 3 is 0.984 bits per heavy atom. The molecule has 0 aliphatic rings. The molecule has 0 N–H and O–H groups in total. The fraction of sp³-hybridized carbons (Fsp3) is 0.714. The van der Waals surface area contributed by atoms with Gasteiger partial charge in [0.15, 0.2) is 0 Å². The van der Waals surface area contributed by atoms with Gasteiger partial charge in [-0.2, -0.15) is 0 Å². The fourth-order valence-corrected chi connectivity index (χ4v) is 12.4. The van der Waals surface area contributed by atoms with Gasteiger partial charge in [0.2, 0.25) is 0 Å². The maximum atomic E-state index is 2.75. The summed E-state index contributed by atoms with van der Waals surface area (Å²) < 4.78 is 0. The van der Waals surface area contributed by atoms with E-state index in [9.17, 15) is 0 Å². The van der Waals surface area contributed by atoms with Crippen molar-refractivity contribution in [2.24, 2.45) is 0 Å². The average molecular weight is 894 g/mol. The molecule has 0 saturated heterocycles. The largest absolute Gasteiger partial charge is 0.0748 e. The quantitative estimate of drug-likeness (QED) is 0.0392. The van der Waals surface area contributed by atoms with Crippen LogP contribution >= 0.6 is 8.58 Å². The summed E-state index contributed by atoms with van der Waals surface area (Å²) in [5.41, 5.74) is 9.96. The van der Waals surface area contributed by atoms with E-state index >= 15 is 0 Å². The van der Waals surface area contributed by atoms with E-state index in [2.05, 4.69) is 101 Å². The minimum absolute atomic E-state index is 0.00531. The van der Waals surface area contributed by atoms with Crippen LogP contribution in [-0.4, -0.2) is 0 Å². The number of unbranched alkanes of at least 4 members (excludes halogenated alkanes) is 29. The molecule has 0 bridgehead atoms. The summed E-state index contributed by atoms with van der Waals surface area (Å²) in [5.74, 6) is 0. The highest BCUT2D eigenvalue weighted by molar-refractivity contribution is 7.48. The molecular formula is C63H105P. The summed E-state index contributed by atoms with van der Waals surface area (Å²) in [6.45, 7) is 11.7. The molecular weight excluding hydrogens is 788 g/mol. The molecule has 1 unspecified atom stereocenters. The van der Waals surface area contributed by atoms with Crippen LogP contribution in [0.25, 0.3) is 0 Å². The Morgan fingerprint density at radius 2 is 0.625 bits per heavy atom. The van der Waals surface area contributed by atoms with Crippen LogP contribution in [0.5, 0.6) is 0 Å². The summed E-state index contributed by atoms with van der Waals surface area (Å²) in [6.07, 6.45) is 52.9. The monoisotopic (exact) mass is 893 g/mol. The summed E-state index contributed by atoms with van der Waals surface area (Å²) >= 11 is 0. The zero-order chi connectivity index (χ0) is 45.6. The molecule has 3 aromatic carbocycles. The van der Waals surface area contributed by atoms with E-state index in [1.807, 2.05) is 0 Å². The van der Waals surface area contributed by atoms with Crippen LogP contribution < -0.4 is 5.30 Å². The number of aryl methyl sites for hydroxylation is 4. The van der Waals surface area contributed by atoms with E-state index in [-0.39, 0.29) is 5.16 Å². The normalized spacial score (nSPS) is 12.0. The number of rotatable bonds is 43. The second kappa shape index (κ2) is 38.1. The molecule has 0 nitrogen and oxygen atoms in total. The van der Waals surface area contributed by atoms with Crippen LogP contribution in [0.15, 0.2) is 66.7 Å². The standard InChI is InChI=1S/C63H105P/c1-6-11-16-21-26-30-36-43-56-49-51-61(58(54-56)45-38-32-28-23-18-13-8-3)63(53-42-34-25-20-15-10-5,64-60-47-40-35-41-48-60)62-52-50-57(44-37-31-27-22-17-12-7-2)55-59(62)46-39-33-29-24-19-14-9-4/h35,40-41,47-52,54-55,64H,6-34,36-39,42-46,53H2,1-5H3. The van der Waals surface area contributed by atoms with Gasteiger partial charge in [0.05, 0.1) is 0 Å². The van der Waals surface area contributed by atoms with E-state index in [0.29, 0.717) is 0 Å². The van der Waals surface area contributed by atoms with Crippen molar-refractivity contribution in [2.45, 2.75) is 290 Å². The molecule has 0 heterocycles. The third-order valence-corrected chi connectivity index (χ3v) is 16.4. The molecule has 1 atom stereocenters. The lowest BCUT2D eigenvalue weighted by atomic mass is 9.78. The van der Waals surface area contributed by atoms with Gasteiger partial charge in [0.1, 0.15) is 0 Å². The number of benzene rings is 3. The molecule has 0 aliphatic heterocycles. The van der Waals surface area contributed by atoms with E-state index in [1.165, 1.54) is 256 Å². The second-order valence-corrected chi connectivity index (χ2v) is 22.1. The van der Waals surface area contributed by atoms with E-state index in [0.717, 1.165) is 8.58 Å². The first-order valence-corrected chi connectivity index (χ1v) is 29.7. The van der Waals surface area contributed by atoms with Crippen LogP contribution in [0, 0.1) is 0 Å². The van der Waals surface area contributed by atoms with Gasteiger partial charge in [-0.3, -0.25) is 0 Å². The van der Waals surface area contributed by atoms with Crippen LogP contribution in [0.4, 0.5) is 0 Å². The fourth-order valence-electron chi connectivity index (χ4n) is 10.5. The van der Waals surface area contributed by atoms with Gasteiger partial charge in [0.25, 0.3) is 0 Å². The highest BCUT2D eigenvalue weighted by Gasteiger charge is 2.38. The highest BCUT2D eigenvalue weighted by atomic mass is 31.1. The maximum Gasteiger partial charge on any atom is 0.0420 e. The topological polar surface area (TPSA) is 0 Å². The summed E-state index contributed by atoms with van der Waals surface area (Å²) in [5, 5.41) is 1.53. The molecule has 0 fully saturated rings. The Kier molecular flexibility index (Phi) is 33.6. The summed E-state index contributed by atoms with van der Waals surface area (Å²) in [4.78, 5) is 0. The number of hydrogen-bond donors (Lipinski definition) is 0. The van der Waals surface area contributed by atoms with Crippen molar-refractivity contribution in [1.82, 2.24) is 0 Å². The molecule has 0 amide bonds. The first-order valence-electron chi connectivity index (χ1n) is 28.7. The Balaban J connectivity index is 2.13. The van der Waals surface area contributed by atoms with Gasteiger partial charge in [-0.15, -0.1) is 0 Å². The smallest absolute Gasteiger partial charge is 0.0420 e. The van der Waals surface area contributed by atoms with Gasteiger partial charge >= 0.3 is 0 Å². The predicted octanol–water partition coefficient (Wildman–Crippen LogP) is 20.9. The van der Waals surface area contributed by atoms with Crippen molar-refractivity contribution >= 4 is 13.9 Å². The molecule has 0 radical (unpaired) electrons. The molecule has 3 aromatic rings.